The van der Waals surface area contributed by atoms with Gasteiger partial charge in [-0.15, -0.1) is 0 Å². The Kier molecular flexibility index (Phi) is 7.92. The van der Waals surface area contributed by atoms with Gasteiger partial charge in [-0.25, -0.2) is 16.8 Å². The third kappa shape index (κ3) is 5.92. The van der Waals surface area contributed by atoms with Crippen LogP contribution in [0.15, 0.2) is 58.3 Å². The van der Waals surface area contributed by atoms with Crippen molar-refractivity contribution in [1.82, 2.24) is 13.9 Å². The fraction of sp³-hybridized carbons (Fsp3) is 0.458. The number of hydrogen-bond donors (Lipinski definition) is 1. The number of piperidine rings is 1. The van der Waals surface area contributed by atoms with Crippen LogP contribution in [0.4, 0.5) is 0 Å². The smallest absolute Gasteiger partial charge is 0.243 e. The van der Waals surface area contributed by atoms with Crippen molar-refractivity contribution in [1.29, 1.82) is 0 Å². The van der Waals surface area contributed by atoms with Crippen LogP contribution in [-0.4, -0.2) is 70.7 Å². The molecule has 0 aliphatic carbocycles. The van der Waals surface area contributed by atoms with Crippen molar-refractivity contribution in [2.24, 2.45) is 5.92 Å². The van der Waals surface area contributed by atoms with E-state index in [1.54, 1.807) is 48.5 Å². The number of carbonyl (C=O) groups is 1. The van der Waals surface area contributed by atoms with Crippen LogP contribution in [0.25, 0.3) is 0 Å². The number of amides is 1. The van der Waals surface area contributed by atoms with E-state index in [0.717, 1.165) is 11.1 Å². The number of aryl methyl sites for hydroxylation is 1. The number of nitrogens with one attached hydrogen (secondary N) is 1. The Morgan fingerprint density at radius 1 is 0.886 bits per heavy atom. The van der Waals surface area contributed by atoms with E-state index in [1.165, 1.54) is 8.61 Å². The molecule has 1 N–H and O–H groups in total. The Morgan fingerprint density at radius 2 is 1.46 bits per heavy atom. The highest BCUT2D eigenvalue weighted by molar-refractivity contribution is 7.89. The standard InChI is InChI=1S/C24H31N3O6S2/c1-19-4-8-22(9-5-19)35(31,32)27-12-2-3-21(18-27)24(28)25-17-20-6-10-23(11-7-20)34(29,30)26-13-15-33-16-14-26/h4-11,21H,2-3,12-18H2,1H3,(H,25,28)/t21-/m0/s1. The molecule has 190 valence electrons. The van der Waals surface area contributed by atoms with Crippen LogP contribution in [0.3, 0.4) is 0 Å². The van der Waals surface area contributed by atoms with Crippen molar-refractivity contribution in [2.75, 3.05) is 39.4 Å². The molecule has 2 fully saturated rings. The highest BCUT2D eigenvalue weighted by atomic mass is 32.2. The zero-order valence-electron chi connectivity index (χ0n) is 19.7. The number of rotatable bonds is 7. The summed E-state index contributed by atoms with van der Waals surface area (Å²) in [7, 11) is -7.23. The van der Waals surface area contributed by atoms with E-state index in [4.69, 9.17) is 4.74 Å². The highest BCUT2D eigenvalue weighted by Gasteiger charge is 2.33. The summed E-state index contributed by atoms with van der Waals surface area (Å²) in [6.45, 7) is 4.09. The summed E-state index contributed by atoms with van der Waals surface area (Å²) in [5.41, 5.74) is 1.74. The average molecular weight is 522 g/mol. The van der Waals surface area contributed by atoms with E-state index >= 15 is 0 Å². The van der Waals surface area contributed by atoms with Crippen LogP contribution >= 0.6 is 0 Å². The maximum Gasteiger partial charge on any atom is 0.243 e. The first-order valence-corrected chi connectivity index (χ1v) is 14.6. The predicted octanol–water partition coefficient (Wildman–Crippen LogP) is 1.73. The lowest BCUT2D eigenvalue weighted by Gasteiger charge is -2.31. The first-order chi connectivity index (χ1) is 16.7. The van der Waals surface area contributed by atoms with Gasteiger partial charge in [0.15, 0.2) is 0 Å². The van der Waals surface area contributed by atoms with Gasteiger partial charge in [-0.2, -0.15) is 8.61 Å². The number of morpholine rings is 1. The summed E-state index contributed by atoms with van der Waals surface area (Å²) >= 11 is 0. The van der Waals surface area contributed by atoms with Gasteiger partial charge in [-0.05, 0) is 49.6 Å². The van der Waals surface area contributed by atoms with Gasteiger partial charge in [-0.3, -0.25) is 4.79 Å². The minimum absolute atomic E-state index is 0.138. The third-order valence-electron chi connectivity index (χ3n) is 6.41. The summed E-state index contributed by atoms with van der Waals surface area (Å²) in [5, 5.41) is 2.87. The molecule has 2 aliphatic rings. The molecule has 4 rings (SSSR count). The van der Waals surface area contributed by atoms with Crippen molar-refractivity contribution in [3.63, 3.8) is 0 Å². The zero-order chi connectivity index (χ0) is 25.1. The lowest BCUT2D eigenvalue weighted by molar-refractivity contribution is -0.126. The zero-order valence-corrected chi connectivity index (χ0v) is 21.4. The van der Waals surface area contributed by atoms with Crippen LogP contribution < -0.4 is 5.32 Å². The molecule has 2 saturated heterocycles. The molecular weight excluding hydrogens is 490 g/mol. The van der Waals surface area contributed by atoms with Gasteiger partial charge in [0.25, 0.3) is 0 Å². The minimum Gasteiger partial charge on any atom is -0.379 e. The summed E-state index contributed by atoms with van der Waals surface area (Å²) < 4.78 is 59.5. The third-order valence-corrected chi connectivity index (χ3v) is 10.2. The van der Waals surface area contributed by atoms with Gasteiger partial charge in [0.2, 0.25) is 26.0 Å². The van der Waals surface area contributed by atoms with E-state index in [2.05, 4.69) is 5.32 Å². The average Bonchev–Trinajstić information content (AvgIpc) is 2.88. The molecule has 2 aromatic rings. The van der Waals surface area contributed by atoms with Gasteiger partial charge in [0.1, 0.15) is 0 Å². The summed E-state index contributed by atoms with van der Waals surface area (Å²) in [5.74, 6) is -0.649. The molecule has 1 atom stereocenters. The van der Waals surface area contributed by atoms with Gasteiger partial charge < -0.3 is 10.1 Å². The van der Waals surface area contributed by atoms with E-state index in [9.17, 15) is 21.6 Å². The first kappa shape index (κ1) is 25.8. The summed E-state index contributed by atoms with van der Waals surface area (Å²) in [4.78, 5) is 13.3. The Hall–Kier alpha value is -2.31. The number of nitrogens with zero attached hydrogens (tertiary/aromatic N) is 2. The molecule has 0 aromatic heterocycles. The van der Waals surface area contributed by atoms with Crippen molar-refractivity contribution in [3.05, 3.63) is 59.7 Å². The second-order valence-corrected chi connectivity index (χ2v) is 12.8. The maximum absolute atomic E-state index is 13.0. The van der Waals surface area contributed by atoms with Crippen LogP contribution in [0.1, 0.15) is 24.0 Å². The van der Waals surface area contributed by atoms with E-state index in [-0.39, 0.29) is 28.8 Å². The molecular formula is C24H31N3O6S2. The topological polar surface area (TPSA) is 113 Å². The Labute approximate surface area is 207 Å². The maximum atomic E-state index is 13.0. The molecule has 2 aliphatic heterocycles. The fourth-order valence-corrected chi connectivity index (χ4v) is 7.21. The Morgan fingerprint density at radius 3 is 2.09 bits per heavy atom. The molecule has 0 unspecified atom stereocenters. The normalized spacial score (nSPS) is 20.4. The van der Waals surface area contributed by atoms with Crippen LogP contribution in [0.5, 0.6) is 0 Å². The van der Waals surface area contributed by atoms with Crippen LogP contribution in [0, 0.1) is 12.8 Å². The largest absolute Gasteiger partial charge is 0.379 e. The molecule has 35 heavy (non-hydrogen) atoms. The SMILES string of the molecule is Cc1ccc(S(=O)(=O)N2CCC[C@H](C(=O)NCc3ccc(S(=O)(=O)N4CCOCC4)cc3)C2)cc1. The molecule has 2 aromatic carbocycles. The molecule has 0 spiro atoms. The Balaban J connectivity index is 1.34. The van der Waals surface area contributed by atoms with Crippen LogP contribution in [0.2, 0.25) is 0 Å². The predicted molar refractivity (Wildman–Crippen MR) is 131 cm³/mol. The number of carbonyl (C=O) groups excluding carboxylic acids is 1. The number of ether oxygens (including phenoxy) is 1. The van der Waals surface area contributed by atoms with Crippen molar-refractivity contribution >= 4 is 26.0 Å². The number of sulfonamides is 2. The van der Waals surface area contributed by atoms with E-state index in [1.807, 2.05) is 6.92 Å². The van der Waals surface area contributed by atoms with Crippen molar-refractivity contribution in [2.45, 2.75) is 36.1 Å². The van der Waals surface area contributed by atoms with Crippen molar-refractivity contribution in [3.8, 4) is 0 Å². The molecule has 11 heteroatoms. The molecule has 0 bridgehead atoms. The molecule has 0 radical (unpaired) electrons. The first-order valence-electron chi connectivity index (χ1n) is 11.7. The summed E-state index contributed by atoms with van der Waals surface area (Å²) in [6, 6.07) is 13.2. The van der Waals surface area contributed by atoms with Crippen molar-refractivity contribution < 1.29 is 26.4 Å². The van der Waals surface area contributed by atoms with Gasteiger partial charge in [0.05, 0.1) is 28.9 Å². The molecule has 0 saturated carbocycles. The van der Waals surface area contributed by atoms with Gasteiger partial charge >= 0.3 is 0 Å². The number of benzene rings is 2. The second kappa shape index (κ2) is 10.8. The lowest BCUT2D eigenvalue weighted by atomic mass is 9.99. The van der Waals surface area contributed by atoms with E-state index in [0.29, 0.717) is 45.7 Å². The molecule has 1 amide bonds. The number of hydrogen-bond acceptors (Lipinski definition) is 6. The highest BCUT2D eigenvalue weighted by Crippen LogP contribution is 2.24. The second-order valence-electron chi connectivity index (χ2n) is 8.89. The lowest BCUT2D eigenvalue weighted by Crippen LogP contribution is -2.45. The fourth-order valence-electron chi connectivity index (χ4n) is 4.28. The Bertz CT molecular complexity index is 1240. The van der Waals surface area contributed by atoms with Crippen LogP contribution in [-0.2, 0) is 36.1 Å². The van der Waals surface area contributed by atoms with Gasteiger partial charge in [-0.1, -0.05) is 29.8 Å². The summed E-state index contributed by atoms with van der Waals surface area (Å²) in [6.07, 6.45) is 1.22. The van der Waals surface area contributed by atoms with Gasteiger partial charge in [0, 0.05) is 32.7 Å². The monoisotopic (exact) mass is 521 g/mol. The van der Waals surface area contributed by atoms with E-state index < -0.39 is 26.0 Å². The quantitative estimate of drug-likeness (QED) is 0.594. The molecule has 2 heterocycles. The minimum atomic E-state index is -3.66. The molecule has 9 nitrogen and oxygen atoms in total.